The van der Waals surface area contributed by atoms with Crippen LogP contribution >= 0.6 is 11.6 Å². The molecule has 0 aliphatic rings. The number of hydrogen-bond donors (Lipinski definition) is 1. The normalized spacial score (nSPS) is 12.3. The maximum absolute atomic E-state index is 5.85. The number of hydrogen-bond acceptors (Lipinski definition) is 3. The maximum Gasteiger partial charge on any atom is 0.119 e. The summed E-state index contributed by atoms with van der Waals surface area (Å²) in [6.07, 6.45) is 4.68. The van der Waals surface area contributed by atoms with Crippen LogP contribution in [0.5, 0.6) is 5.75 Å². The van der Waals surface area contributed by atoms with Gasteiger partial charge in [0.05, 0.1) is 0 Å². The van der Waals surface area contributed by atoms with Crippen molar-refractivity contribution in [3.63, 3.8) is 0 Å². The number of benzene rings is 1. The predicted molar refractivity (Wildman–Crippen MR) is 81.4 cm³/mol. The van der Waals surface area contributed by atoms with E-state index >= 15 is 0 Å². The summed E-state index contributed by atoms with van der Waals surface area (Å²) >= 11 is 5.85. The molecule has 1 atom stereocenters. The van der Waals surface area contributed by atoms with Gasteiger partial charge in [-0.15, -0.1) is 0 Å². The van der Waals surface area contributed by atoms with Gasteiger partial charge in [0, 0.05) is 36.4 Å². The molecule has 108 valence electrons. The van der Waals surface area contributed by atoms with E-state index in [-0.39, 0.29) is 6.04 Å². The third-order valence-electron chi connectivity index (χ3n) is 3.24. The first-order chi connectivity index (χ1) is 9.72. The van der Waals surface area contributed by atoms with Crippen molar-refractivity contribution in [1.29, 1.82) is 0 Å². The second-order valence-electron chi connectivity index (χ2n) is 4.58. The summed E-state index contributed by atoms with van der Waals surface area (Å²) in [4.78, 5) is 4.39. The van der Waals surface area contributed by atoms with E-state index in [0.29, 0.717) is 11.6 Å². The predicted octanol–water partition coefficient (Wildman–Crippen LogP) is 2.77. The first kappa shape index (κ1) is 14.9. The molecule has 0 radical (unpaired) electrons. The summed E-state index contributed by atoms with van der Waals surface area (Å²) in [6, 6.07) is 7.63. The van der Waals surface area contributed by atoms with Gasteiger partial charge < -0.3 is 14.6 Å². The Labute approximate surface area is 124 Å². The Morgan fingerprint density at radius 2 is 2.10 bits per heavy atom. The van der Waals surface area contributed by atoms with E-state index in [2.05, 4.69) is 21.8 Å². The number of aromatic nitrogens is 2. The molecule has 5 heteroatoms. The van der Waals surface area contributed by atoms with Crippen molar-refractivity contribution in [2.45, 2.75) is 25.9 Å². The Bertz CT molecular complexity index is 524. The largest absolute Gasteiger partial charge is 0.492 e. The van der Waals surface area contributed by atoms with Crippen LogP contribution in [0, 0.1) is 0 Å². The second-order valence-corrected chi connectivity index (χ2v) is 5.02. The molecule has 0 amide bonds. The van der Waals surface area contributed by atoms with E-state index in [9.17, 15) is 0 Å². The molecule has 0 aliphatic heterocycles. The van der Waals surface area contributed by atoms with Gasteiger partial charge in [-0.05, 0) is 38.2 Å². The van der Waals surface area contributed by atoms with Crippen LogP contribution in [0.3, 0.4) is 0 Å². The van der Waals surface area contributed by atoms with E-state index in [0.717, 1.165) is 24.5 Å². The summed E-state index contributed by atoms with van der Waals surface area (Å²) in [5, 5.41) is 3.98. The molecule has 0 saturated carbocycles. The lowest BCUT2D eigenvalue weighted by atomic mass is 10.2. The van der Waals surface area contributed by atoms with Crippen molar-refractivity contribution in [3.05, 3.63) is 47.5 Å². The van der Waals surface area contributed by atoms with Crippen LogP contribution in [0.15, 0.2) is 36.7 Å². The number of aryl methyl sites for hydroxylation is 1. The number of halogens is 1. The average molecular weight is 294 g/mol. The van der Waals surface area contributed by atoms with Crippen molar-refractivity contribution < 1.29 is 4.74 Å². The quantitative estimate of drug-likeness (QED) is 0.853. The molecule has 1 unspecified atom stereocenters. The summed E-state index contributed by atoms with van der Waals surface area (Å²) in [5.74, 6) is 1.90. The third kappa shape index (κ3) is 3.99. The molecule has 0 bridgehead atoms. The fourth-order valence-electron chi connectivity index (χ4n) is 2.01. The summed E-state index contributed by atoms with van der Waals surface area (Å²) < 4.78 is 7.92. The van der Waals surface area contributed by atoms with E-state index in [1.54, 1.807) is 0 Å². The molecule has 0 saturated heterocycles. The summed E-state index contributed by atoms with van der Waals surface area (Å²) in [6.45, 7) is 3.64. The van der Waals surface area contributed by atoms with Crippen molar-refractivity contribution >= 4 is 11.6 Å². The number of ether oxygens (including phenoxy) is 1. The van der Waals surface area contributed by atoms with Gasteiger partial charge in [-0.1, -0.05) is 11.6 Å². The van der Waals surface area contributed by atoms with E-state index in [1.165, 1.54) is 0 Å². The van der Waals surface area contributed by atoms with Crippen LogP contribution in [-0.2, 0) is 13.0 Å². The van der Waals surface area contributed by atoms with Crippen LogP contribution < -0.4 is 10.1 Å². The Balaban J connectivity index is 1.90. The van der Waals surface area contributed by atoms with Gasteiger partial charge in [-0.2, -0.15) is 0 Å². The highest BCUT2D eigenvalue weighted by Gasteiger charge is 2.12. The Morgan fingerprint density at radius 1 is 1.35 bits per heavy atom. The molecule has 0 aliphatic carbocycles. The van der Waals surface area contributed by atoms with E-state index < -0.39 is 0 Å². The molecule has 20 heavy (non-hydrogen) atoms. The molecular weight excluding hydrogens is 274 g/mol. The van der Waals surface area contributed by atoms with Gasteiger partial charge in [-0.3, -0.25) is 0 Å². The number of nitrogens with zero attached hydrogens (tertiary/aromatic N) is 2. The van der Waals surface area contributed by atoms with Crippen LogP contribution in [0.2, 0.25) is 5.02 Å². The molecule has 0 fully saturated rings. The zero-order valence-electron chi connectivity index (χ0n) is 11.8. The number of imidazole rings is 1. The molecule has 1 aromatic heterocycles. The third-order valence-corrected chi connectivity index (χ3v) is 3.50. The summed E-state index contributed by atoms with van der Waals surface area (Å²) in [5.41, 5.74) is 0. The lowest BCUT2D eigenvalue weighted by Crippen LogP contribution is -2.34. The highest BCUT2D eigenvalue weighted by atomic mass is 35.5. The Kier molecular flexibility index (Phi) is 5.44. The molecule has 0 spiro atoms. The van der Waals surface area contributed by atoms with Crippen LogP contribution in [0.4, 0.5) is 0 Å². The van der Waals surface area contributed by atoms with Gasteiger partial charge in [0.1, 0.15) is 18.2 Å². The molecule has 1 heterocycles. The number of likely N-dealkylation sites (N-methyl/N-ethyl adjacent to an activating group) is 1. The van der Waals surface area contributed by atoms with Crippen molar-refractivity contribution in [2.75, 3.05) is 13.7 Å². The minimum atomic E-state index is 0.221. The number of nitrogens with one attached hydrogen (secondary N) is 1. The lowest BCUT2D eigenvalue weighted by molar-refractivity contribution is 0.267. The first-order valence-corrected chi connectivity index (χ1v) is 7.16. The minimum Gasteiger partial charge on any atom is -0.492 e. The Hall–Kier alpha value is -1.52. The van der Waals surface area contributed by atoms with Crippen molar-refractivity contribution in [1.82, 2.24) is 14.9 Å². The SMILES string of the molecule is CCn1ccnc1CC(COc1ccc(Cl)cc1)NC. The zero-order chi connectivity index (χ0) is 14.4. The second kappa shape index (κ2) is 7.31. The highest BCUT2D eigenvalue weighted by molar-refractivity contribution is 6.30. The lowest BCUT2D eigenvalue weighted by Gasteiger charge is -2.17. The van der Waals surface area contributed by atoms with Gasteiger partial charge in [0.25, 0.3) is 0 Å². The minimum absolute atomic E-state index is 0.221. The number of rotatable bonds is 7. The smallest absolute Gasteiger partial charge is 0.119 e. The van der Waals surface area contributed by atoms with Crippen LogP contribution in [0.25, 0.3) is 0 Å². The average Bonchev–Trinajstić information content (AvgIpc) is 2.92. The summed E-state index contributed by atoms with van der Waals surface area (Å²) in [7, 11) is 1.94. The molecule has 1 N–H and O–H groups in total. The highest BCUT2D eigenvalue weighted by Crippen LogP contribution is 2.16. The molecule has 2 aromatic rings. The van der Waals surface area contributed by atoms with Gasteiger partial charge in [0.2, 0.25) is 0 Å². The Morgan fingerprint density at radius 3 is 2.75 bits per heavy atom. The van der Waals surface area contributed by atoms with Gasteiger partial charge >= 0.3 is 0 Å². The van der Waals surface area contributed by atoms with E-state index in [4.69, 9.17) is 16.3 Å². The first-order valence-electron chi connectivity index (χ1n) is 6.78. The van der Waals surface area contributed by atoms with Gasteiger partial charge in [-0.25, -0.2) is 4.98 Å². The van der Waals surface area contributed by atoms with Gasteiger partial charge in [0.15, 0.2) is 0 Å². The fourth-order valence-corrected chi connectivity index (χ4v) is 2.14. The maximum atomic E-state index is 5.85. The van der Waals surface area contributed by atoms with Crippen molar-refractivity contribution in [3.8, 4) is 5.75 Å². The topological polar surface area (TPSA) is 39.1 Å². The molecule has 1 aromatic carbocycles. The zero-order valence-corrected chi connectivity index (χ0v) is 12.6. The molecular formula is C15H20ClN3O. The van der Waals surface area contributed by atoms with Crippen LogP contribution in [0.1, 0.15) is 12.7 Å². The van der Waals surface area contributed by atoms with E-state index in [1.807, 2.05) is 43.7 Å². The molecule has 4 nitrogen and oxygen atoms in total. The molecule has 2 rings (SSSR count). The fraction of sp³-hybridized carbons (Fsp3) is 0.400. The monoisotopic (exact) mass is 293 g/mol. The standard InChI is InChI=1S/C15H20ClN3O/c1-3-19-9-8-18-15(19)10-13(17-2)11-20-14-6-4-12(16)5-7-14/h4-9,13,17H,3,10-11H2,1-2H3. The van der Waals surface area contributed by atoms with Crippen molar-refractivity contribution in [2.24, 2.45) is 0 Å². The van der Waals surface area contributed by atoms with Crippen LogP contribution in [-0.4, -0.2) is 29.2 Å².